The first kappa shape index (κ1) is 62.0. The number of carbonyl (C=O) groups is 2. The Morgan fingerprint density at radius 2 is 0.730 bits per heavy atom. The minimum Gasteiger partial charge on any atom is -0.480 e. The van der Waals surface area contributed by atoms with Crippen molar-refractivity contribution in [3.05, 3.63) is 0 Å². The fourth-order valence-corrected chi connectivity index (χ4v) is 8.97. The molecular formula is C52H104NO9P. The van der Waals surface area contributed by atoms with E-state index in [0.717, 1.165) is 38.5 Å². The molecular weight excluding hydrogens is 814 g/mol. The molecule has 11 heteroatoms. The summed E-state index contributed by atoms with van der Waals surface area (Å²) in [5.41, 5.74) is 5.38. The zero-order valence-electron chi connectivity index (χ0n) is 41.5. The Morgan fingerprint density at radius 3 is 1.05 bits per heavy atom. The molecule has 63 heavy (non-hydrogen) atoms. The summed E-state index contributed by atoms with van der Waals surface area (Å²) in [6.07, 6.45) is 53.1. The SMILES string of the molecule is CCCCCCCCCCCCCCCCCCCCCCCCOCC(COP(=O)(O)OCC(N)C(=O)O)OC(=O)CCCCCCCCCCCCCCCCCCCCC. The van der Waals surface area contributed by atoms with Crippen molar-refractivity contribution in [3.63, 3.8) is 0 Å². The van der Waals surface area contributed by atoms with E-state index in [1.807, 2.05) is 0 Å². The Kier molecular flexibility index (Phi) is 48.1. The highest BCUT2D eigenvalue weighted by Crippen LogP contribution is 2.43. The molecule has 376 valence electrons. The largest absolute Gasteiger partial charge is 0.480 e. The van der Waals surface area contributed by atoms with Gasteiger partial charge in [0.2, 0.25) is 0 Å². The van der Waals surface area contributed by atoms with Gasteiger partial charge in [0, 0.05) is 13.0 Å². The molecule has 3 unspecified atom stereocenters. The summed E-state index contributed by atoms with van der Waals surface area (Å²) >= 11 is 0. The molecule has 0 amide bonds. The van der Waals surface area contributed by atoms with E-state index in [0.29, 0.717) is 6.61 Å². The summed E-state index contributed by atoms with van der Waals surface area (Å²) in [5, 5.41) is 8.94. The molecule has 0 heterocycles. The van der Waals surface area contributed by atoms with E-state index >= 15 is 0 Å². The second kappa shape index (κ2) is 48.9. The van der Waals surface area contributed by atoms with Crippen molar-refractivity contribution in [1.29, 1.82) is 0 Å². The van der Waals surface area contributed by atoms with Crippen LogP contribution in [0, 0.1) is 0 Å². The molecule has 0 aromatic heterocycles. The standard InChI is InChI=1S/C52H104NO9P/c1-3-5-7-9-11-13-15-17-19-21-23-24-25-27-29-31-33-35-37-39-41-43-45-59-46-49(47-60-63(57,58)61-48-50(53)52(55)56)62-51(54)44-42-40-38-36-34-32-30-28-26-22-20-18-16-14-12-10-8-6-4-2/h49-50H,3-48,53H2,1-2H3,(H,55,56)(H,57,58). The molecule has 0 saturated heterocycles. The summed E-state index contributed by atoms with van der Waals surface area (Å²) in [6, 6.07) is -1.47. The molecule has 0 aliphatic rings. The van der Waals surface area contributed by atoms with Gasteiger partial charge in [-0.25, -0.2) is 4.57 Å². The van der Waals surface area contributed by atoms with Crippen molar-refractivity contribution in [2.24, 2.45) is 5.73 Å². The summed E-state index contributed by atoms with van der Waals surface area (Å²) < 4.78 is 33.6. The van der Waals surface area contributed by atoms with Gasteiger partial charge in [-0.3, -0.25) is 18.6 Å². The number of phosphoric ester groups is 1. The first-order valence-electron chi connectivity index (χ1n) is 27.1. The van der Waals surface area contributed by atoms with Crippen LogP contribution >= 0.6 is 7.82 Å². The van der Waals surface area contributed by atoms with Crippen molar-refractivity contribution in [2.45, 2.75) is 296 Å². The van der Waals surface area contributed by atoms with E-state index in [-0.39, 0.29) is 13.0 Å². The number of unbranched alkanes of at least 4 members (excludes halogenated alkanes) is 39. The monoisotopic (exact) mass is 918 g/mol. The maximum atomic E-state index is 12.7. The third-order valence-corrected chi connectivity index (χ3v) is 13.3. The van der Waals surface area contributed by atoms with Gasteiger partial charge in [0.05, 0.1) is 19.8 Å². The van der Waals surface area contributed by atoms with Crippen LogP contribution in [0.2, 0.25) is 0 Å². The van der Waals surface area contributed by atoms with Crippen LogP contribution in [0.1, 0.15) is 284 Å². The van der Waals surface area contributed by atoms with E-state index in [1.54, 1.807) is 0 Å². The first-order valence-corrected chi connectivity index (χ1v) is 28.6. The number of rotatable bonds is 53. The minimum atomic E-state index is -4.61. The van der Waals surface area contributed by atoms with E-state index < -0.39 is 45.1 Å². The van der Waals surface area contributed by atoms with Gasteiger partial charge in [-0.15, -0.1) is 0 Å². The number of hydrogen-bond donors (Lipinski definition) is 3. The van der Waals surface area contributed by atoms with Crippen LogP contribution in [0.15, 0.2) is 0 Å². The molecule has 0 aromatic carbocycles. The van der Waals surface area contributed by atoms with Crippen LogP contribution in [0.4, 0.5) is 0 Å². The third kappa shape index (κ3) is 48.7. The lowest BCUT2D eigenvalue weighted by Gasteiger charge is -2.20. The van der Waals surface area contributed by atoms with Gasteiger partial charge in [-0.2, -0.15) is 0 Å². The van der Waals surface area contributed by atoms with Crippen LogP contribution in [0.5, 0.6) is 0 Å². The van der Waals surface area contributed by atoms with Gasteiger partial charge >= 0.3 is 19.8 Å². The highest BCUT2D eigenvalue weighted by Gasteiger charge is 2.27. The number of aliphatic carboxylic acids is 1. The normalized spacial score (nSPS) is 13.6. The van der Waals surface area contributed by atoms with Crippen molar-refractivity contribution in [3.8, 4) is 0 Å². The predicted octanol–water partition coefficient (Wildman–Crippen LogP) is 15.9. The van der Waals surface area contributed by atoms with Crippen molar-refractivity contribution < 1.29 is 42.7 Å². The number of hydrogen-bond acceptors (Lipinski definition) is 8. The van der Waals surface area contributed by atoms with Crippen molar-refractivity contribution in [2.75, 3.05) is 26.4 Å². The molecule has 10 nitrogen and oxygen atoms in total. The molecule has 0 rings (SSSR count). The van der Waals surface area contributed by atoms with Crippen molar-refractivity contribution >= 4 is 19.8 Å². The Morgan fingerprint density at radius 1 is 0.444 bits per heavy atom. The van der Waals surface area contributed by atoms with Gasteiger partial charge in [0.15, 0.2) is 0 Å². The number of ether oxygens (including phenoxy) is 2. The van der Waals surface area contributed by atoms with Gasteiger partial charge in [0.25, 0.3) is 0 Å². The van der Waals surface area contributed by atoms with E-state index in [9.17, 15) is 19.0 Å². The average molecular weight is 918 g/mol. The smallest absolute Gasteiger partial charge is 0.472 e. The maximum Gasteiger partial charge on any atom is 0.472 e. The average Bonchev–Trinajstić information content (AvgIpc) is 3.26. The first-order chi connectivity index (χ1) is 30.7. The Hall–Kier alpha value is -1.03. The lowest BCUT2D eigenvalue weighted by atomic mass is 10.0. The number of carboxylic acid groups (broad SMARTS) is 1. The Labute approximate surface area is 389 Å². The zero-order chi connectivity index (χ0) is 46.2. The van der Waals surface area contributed by atoms with E-state index in [4.69, 9.17) is 29.4 Å². The van der Waals surface area contributed by atoms with Crippen LogP contribution in [-0.4, -0.2) is 60.5 Å². The van der Waals surface area contributed by atoms with E-state index in [2.05, 4.69) is 13.8 Å². The summed E-state index contributed by atoms with van der Waals surface area (Å²) in [7, 11) is -4.61. The van der Waals surface area contributed by atoms with Gasteiger partial charge in [0.1, 0.15) is 12.1 Å². The molecule has 4 N–H and O–H groups in total. The Bertz CT molecular complexity index is 1020. The number of esters is 1. The summed E-state index contributed by atoms with van der Waals surface area (Å²) in [4.78, 5) is 33.7. The van der Waals surface area contributed by atoms with Gasteiger partial charge in [-0.05, 0) is 12.8 Å². The fraction of sp³-hybridized carbons (Fsp3) is 0.962. The Balaban J connectivity index is 4.04. The molecule has 0 aliphatic carbocycles. The molecule has 0 fully saturated rings. The molecule has 0 bridgehead atoms. The molecule has 0 spiro atoms. The summed E-state index contributed by atoms with van der Waals surface area (Å²) in [6.45, 7) is 3.97. The predicted molar refractivity (Wildman–Crippen MR) is 263 cm³/mol. The number of nitrogens with two attached hydrogens (primary N) is 1. The summed E-state index contributed by atoms with van der Waals surface area (Å²) in [5.74, 6) is -1.76. The fourth-order valence-electron chi connectivity index (χ4n) is 8.20. The maximum absolute atomic E-state index is 12.7. The molecule has 0 aromatic rings. The van der Waals surface area contributed by atoms with Crippen LogP contribution in [0.25, 0.3) is 0 Å². The van der Waals surface area contributed by atoms with E-state index in [1.165, 1.54) is 225 Å². The quantitative estimate of drug-likeness (QED) is 0.0305. The second-order valence-electron chi connectivity index (χ2n) is 18.7. The minimum absolute atomic E-state index is 0.0266. The molecule has 0 aliphatic heterocycles. The number of phosphoric acid groups is 1. The lowest BCUT2D eigenvalue weighted by molar-refractivity contribution is -0.154. The van der Waals surface area contributed by atoms with Gasteiger partial charge < -0.3 is 25.2 Å². The topological polar surface area (TPSA) is 155 Å². The second-order valence-corrected chi connectivity index (χ2v) is 20.2. The number of carboxylic acids is 1. The van der Waals surface area contributed by atoms with Crippen LogP contribution in [-0.2, 0) is 32.7 Å². The van der Waals surface area contributed by atoms with Gasteiger partial charge in [-0.1, -0.05) is 264 Å². The van der Waals surface area contributed by atoms with Crippen LogP contribution in [0.3, 0.4) is 0 Å². The molecule has 0 radical (unpaired) electrons. The third-order valence-electron chi connectivity index (χ3n) is 12.4. The molecule has 3 atom stereocenters. The molecule has 0 saturated carbocycles. The number of carbonyl (C=O) groups excluding carboxylic acids is 1. The highest BCUT2D eigenvalue weighted by atomic mass is 31.2. The highest BCUT2D eigenvalue weighted by molar-refractivity contribution is 7.47. The lowest BCUT2D eigenvalue weighted by Crippen LogP contribution is -2.34. The van der Waals surface area contributed by atoms with Crippen molar-refractivity contribution in [1.82, 2.24) is 0 Å². The zero-order valence-corrected chi connectivity index (χ0v) is 42.4. The van der Waals surface area contributed by atoms with Crippen LogP contribution < -0.4 is 5.73 Å².